The summed E-state index contributed by atoms with van der Waals surface area (Å²) in [6.07, 6.45) is 0.851. The SMILES string of the molecule is COc1ccc(F)c(-c2ccc(CCl)cc2CC(C)(C)C)c1. The normalized spacial score (nSPS) is 11.5. The van der Waals surface area contributed by atoms with E-state index in [-0.39, 0.29) is 11.2 Å². The fraction of sp³-hybridized carbons (Fsp3) is 0.368. The molecule has 2 rings (SSSR count). The minimum absolute atomic E-state index is 0.106. The first-order valence-corrected chi connectivity index (χ1v) is 7.89. The molecule has 0 fully saturated rings. The van der Waals surface area contributed by atoms with E-state index in [1.54, 1.807) is 19.2 Å². The quantitative estimate of drug-likeness (QED) is 0.644. The summed E-state index contributed by atoms with van der Waals surface area (Å²) in [5, 5.41) is 0. The van der Waals surface area contributed by atoms with Gasteiger partial charge in [-0.1, -0.05) is 39.0 Å². The van der Waals surface area contributed by atoms with Crippen LogP contribution in [0.25, 0.3) is 11.1 Å². The molecule has 2 aromatic rings. The Hall–Kier alpha value is -1.54. The maximum absolute atomic E-state index is 14.3. The summed E-state index contributed by atoms with van der Waals surface area (Å²) < 4.78 is 19.5. The molecule has 0 aliphatic rings. The third-order valence-electron chi connectivity index (χ3n) is 3.51. The molecule has 0 bridgehead atoms. The topological polar surface area (TPSA) is 9.23 Å². The summed E-state index contributed by atoms with van der Waals surface area (Å²) in [7, 11) is 1.59. The van der Waals surface area contributed by atoms with E-state index in [1.807, 2.05) is 12.1 Å². The van der Waals surface area contributed by atoms with Crippen molar-refractivity contribution in [1.82, 2.24) is 0 Å². The van der Waals surface area contributed by atoms with Crippen LogP contribution in [0.4, 0.5) is 4.39 Å². The highest BCUT2D eigenvalue weighted by atomic mass is 35.5. The largest absolute Gasteiger partial charge is 0.497 e. The molecule has 0 unspecified atom stereocenters. The highest BCUT2D eigenvalue weighted by Gasteiger charge is 2.17. The number of benzene rings is 2. The molecule has 0 aliphatic heterocycles. The molecule has 2 aromatic carbocycles. The van der Waals surface area contributed by atoms with Crippen LogP contribution in [0.1, 0.15) is 31.9 Å². The number of alkyl halides is 1. The van der Waals surface area contributed by atoms with Gasteiger partial charge in [0.1, 0.15) is 11.6 Å². The van der Waals surface area contributed by atoms with Crippen LogP contribution >= 0.6 is 11.6 Å². The molecule has 118 valence electrons. The zero-order valence-corrected chi connectivity index (χ0v) is 14.3. The van der Waals surface area contributed by atoms with Gasteiger partial charge in [-0.3, -0.25) is 0 Å². The van der Waals surface area contributed by atoms with E-state index < -0.39 is 0 Å². The lowest BCUT2D eigenvalue weighted by Gasteiger charge is -2.21. The fourth-order valence-corrected chi connectivity index (χ4v) is 2.71. The first-order chi connectivity index (χ1) is 10.3. The van der Waals surface area contributed by atoms with Gasteiger partial charge in [0.15, 0.2) is 0 Å². The minimum Gasteiger partial charge on any atom is -0.497 e. The monoisotopic (exact) mass is 320 g/mol. The molecule has 22 heavy (non-hydrogen) atoms. The van der Waals surface area contributed by atoms with Crippen LogP contribution in [-0.2, 0) is 12.3 Å². The number of methoxy groups -OCH3 is 1. The second-order valence-corrected chi connectivity index (χ2v) is 6.98. The van der Waals surface area contributed by atoms with Crippen LogP contribution in [0.5, 0.6) is 5.75 Å². The number of rotatable bonds is 4. The predicted octanol–water partition coefficient (Wildman–Crippen LogP) is 5.83. The Morgan fingerprint density at radius 3 is 2.36 bits per heavy atom. The van der Waals surface area contributed by atoms with E-state index in [1.165, 1.54) is 6.07 Å². The molecule has 0 saturated heterocycles. The minimum atomic E-state index is -0.241. The van der Waals surface area contributed by atoms with Gasteiger partial charge in [-0.2, -0.15) is 0 Å². The molecular formula is C19H22ClFO. The van der Waals surface area contributed by atoms with E-state index in [4.69, 9.17) is 16.3 Å². The van der Waals surface area contributed by atoms with Crippen molar-refractivity contribution in [3.05, 3.63) is 53.3 Å². The predicted molar refractivity (Wildman–Crippen MR) is 91.1 cm³/mol. The molecular weight excluding hydrogens is 299 g/mol. The average molecular weight is 321 g/mol. The molecule has 0 saturated carbocycles. The first-order valence-electron chi connectivity index (χ1n) is 7.36. The van der Waals surface area contributed by atoms with Crippen LogP contribution in [0.15, 0.2) is 36.4 Å². The Kier molecular flexibility index (Phi) is 5.12. The molecule has 3 heteroatoms. The van der Waals surface area contributed by atoms with Gasteiger partial charge in [0, 0.05) is 11.4 Å². The van der Waals surface area contributed by atoms with Gasteiger partial charge >= 0.3 is 0 Å². The summed E-state index contributed by atoms with van der Waals surface area (Å²) in [5.41, 5.74) is 3.74. The lowest BCUT2D eigenvalue weighted by molar-refractivity contribution is 0.411. The molecule has 0 aliphatic carbocycles. The van der Waals surface area contributed by atoms with Crippen molar-refractivity contribution in [1.29, 1.82) is 0 Å². The average Bonchev–Trinajstić information content (AvgIpc) is 2.46. The van der Waals surface area contributed by atoms with E-state index >= 15 is 0 Å². The van der Waals surface area contributed by atoms with Crippen molar-refractivity contribution < 1.29 is 9.13 Å². The van der Waals surface area contributed by atoms with Crippen molar-refractivity contribution in [3.63, 3.8) is 0 Å². The van der Waals surface area contributed by atoms with Crippen molar-refractivity contribution in [2.45, 2.75) is 33.1 Å². The number of hydrogen-bond acceptors (Lipinski definition) is 1. The molecule has 0 heterocycles. The summed E-state index contributed by atoms with van der Waals surface area (Å²) >= 11 is 5.95. The van der Waals surface area contributed by atoms with Crippen LogP contribution in [0.3, 0.4) is 0 Å². The third kappa shape index (κ3) is 4.01. The molecule has 1 nitrogen and oxygen atoms in total. The standard InChI is InChI=1S/C19H22ClFO/c1-19(2,3)11-14-9-13(12-20)5-7-16(14)17-10-15(22-4)6-8-18(17)21/h5-10H,11-12H2,1-4H3. The Bertz CT molecular complexity index is 659. The number of halogens is 2. The second kappa shape index (κ2) is 6.70. The molecule has 0 spiro atoms. The van der Waals surface area contributed by atoms with Crippen molar-refractivity contribution in [2.24, 2.45) is 5.41 Å². The van der Waals surface area contributed by atoms with Crippen LogP contribution in [0.2, 0.25) is 0 Å². The summed E-state index contributed by atoms with van der Waals surface area (Å²) in [6.45, 7) is 6.52. The van der Waals surface area contributed by atoms with Crippen LogP contribution in [-0.4, -0.2) is 7.11 Å². The summed E-state index contributed by atoms with van der Waals surface area (Å²) in [6, 6.07) is 10.8. The van der Waals surface area contributed by atoms with E-state index in [9.17, 15) is 4.39 Å². The van der Waals surface area contributed by atoms with Crippen LogP contribution < -0.4 is 4.74 Å². The first kappa shape index (κ1) is 16.8. The molecule has 0 aromatic heterocycles. The lowest BCUT2D eigenvalue weighted by Crippen LogP contribution is -2.10. The van der Waals surface area contributed by atoms with Crippen molar-refractivity contribution >= 4 is 11.6 Å². The highest BCUT2D eigenvalue weighted by Crippen LogP contribution is 2.34. The van der Waals surface area contributed by atoms with E-state index in [2.05, 4.69) is 26.8 Å². The maximum atomic E-state index is 14.3. The van der Waals surface area contributed by atoms with E-state index in [0.717, 1.165) is 23.1 Å². The molecule has 0 radical (unpaired) electrons. The Balaban J connectivity index is 2.59. The highest BCUT2D eigenvalue weighted by molar-refractivity contribution is 6.17. The molecule has 0 N–H and O–H groups in total. The zero-order valence-electron chi connectivity index (χ0n) is 13.5. The Labute approximate surface area is 137 Å². The molecule has 0 amide bonds. The number of ether oxygens (including phenoxy) is 1. The van der Waals surface area contributed by atoms with Gasteiger partial charge in [0.05, 0.1) is 7.11 Å². The summed E-state index contributed by atoms with van der Waals surface area (Å²) in [4.78, 5) is 0. The van der Waals surface area contributed by atoms with Gasteiger partial charge in [-0.15, -0.1) is 11.6 Å². The van der Waals surface area contributed by atoms with Crippen LogP contribution in [0, 0.1) is 11.2 Å². The number of hydrogen-bond donors (Lipinski definition) is 0. The van der Waals surface area contributed by atoms with Gasteiger partial charge in [0.25, 0.3) is 0 Å². The van der Waals surface area contributed by atoms with Gasteiger partial charge in [0.2, 0.25) is 0 Å². The van der Waals surface area contributed by atoms with Crippen molar-refractivity contribution in [2.75, 3.05) is 7.11 Å². The molecule has 0 atom stereocenters. The smallest absolute Gasteiger partial charge is 0.131 e. The van der Waals surface area contributed by atoms with Crippen molar-refractivity contribution in [3.8, 4) is 16.9 Å². The van der Waals surface area contributed by atoms with Gasteiger partial charge in [-0.25, -0.2) is 4.39 Å². The Morgan fingerprint density at radius 2 is 1.77 bits per heavy atom. The third-order valence-corrected chi connectivity index (χ3v) is 3.82. The van der Waals surface area contributed by atoms with E-state index in [0.29, 0.717) is 17.2 Å². The zero-order chi connectivity index (χ0) is 16.3. The van der Waals surface area contributed by atoms with Gasteiger partial charge in [-0.05, 0) is 46.7 Å². The van der Waals surface area contributed by atoms with Gasteiger partial charge < -0.3 is 4.74 Å². The maximum Gasteiger partial charge on any atom is 0.131 e. The Morgan fingerprint density at radius 1 is 1.05 bits per heavy atom. The lowest BCUT2D eigenvalue weighted by atomic mass is 9.84. The second-order valence-electron chi connectivity index (χ2n) is 6.71. The fourth-order valence-electron chi connectivity index (χ4n) is 2.55. The summed E-state index contributed by atoms with van der Waals surface area (Å²) in [5.74, 6) is 0.868.